The van der Waals surface area contributed by atoms with Crippen LogP contribution in [0.5, 0.6) is 0 Å². The van der Waals surface area contributed by atoms with Crippen molar-refractivity contribution in [3.63, 3.8) is 0 Å². The summed E-state index contributed by atoms with van der Waals surface area (Å²) in [6.45, 7) is 4.44. The summed E-state index contributed by atoms with van der Waals surface area (Å²) in [5.74, 6) is 0. The van der Waals surface area contributed by atoms with Gasteiger partial charge in [0, 0.05) is 25.7 Å². The Morgan fingerprint density at radius 1 is 1.09 bits per heavy atom. The zero-order valence-electron chi connectivity index (χ0n) is 13.3. The lowest BCUT2D eigenvalue weighted by atomic mass is 9.99. The number of aryl methyl sites for hydroxylation is 1. The molecule has 2 nitrogen and oxygen atoms in total. The highest BCUT2D eigenvalue weighted by molar-refractivity contribution is 5.67. The van der Waals surface area contributed by atoms with Gasteiger partial charge < -0.3 is 5.11 Å². The fourth-order valence-electron chi connectivity index (χ4n) is 3.07. The largest absolute Gasteiger partial charge is 0.396 e. The van der Waals surface area contributed by atoms with Crippen molar-refractivity contribution in [3.05, 3.63) is 59.7 Å². The van der Waals surface area contributed by atoms with Gasteiger partial charge in [0.05, 0.1) is 0 Å². The van der Waals surface area contributed by atoms with Crippen LogP contribution in [0, 0.1) is 6.92 Å². The monoisotopic (exact) mass is 295 g/mol. The summed E-state index contributed by atoms with van der Waals surface area (Å²) in [6.07, 6.45) is 3.49. The molecule has 0 amide bonds. The van der Waals surface area contributed by atoms with Crippen LogP contribution in [0.2, 0.25) is 0 Å². The summed E-state index contributed by atoms with van der Waals surface area (Å²) < 4.78 is 0. The van der Waals surface area contributed by atoms with E-state index in [2.05, 4.69) is 60.4 Å². The van der Waals surface area contributed by atoms with Crippen LogP contribution < -0.4 is 0 Å². The normalized spacial score (nSPS) is 14.5. The van der Waals surface area contributed by atoms with E-state index in [1.54, 1.807) is 0 Å². The van der Waals surface area contributed by atoms with E-state index in [9.17, 15) is 0 Å². The van der Waals surface area contributed by atoms with Gasteiger partial charge in [0.2, 0.25) is 0 Å². The van der Waals surface area contributed by atoms with E-state index < -0.39 is 0 Å². The molecule has 0 radical (unpaired) electrons. The first-order valence-corrected chi connectivity index (χ1v) is 8.28. The maximum atomic E-state index is 9.08. The molecule has 2 aromatic carbocycles. The minimum Gasteiger partial charge on any atom is -0.396 e. The van der Waals surface area contributed by atoms with E-state index in [0.29, 0.717) is 0 Å². The van der Waals surface area contributed by atoms with E-state index in [-0.39, 0.29) is 6.61 Å². The molecular formula is C20H25NO. The lowest BCUT2D eigenvalue weighted by Gasteiger charge is -2.22. The lowest BCUT2D eigenvalue weighted by Crippen LogP contribution is -2.27. The Labute approximate surface area is 133 Å². The first kappa shape index (κ1) is 15.3. The zero-order chi connectivity index (χ0) is 15.4. The molecule has 0 unspecified atom stereocenters. The van der Waals surface area contributed by atoms with Crippen molar-refractivity contribution in [3.8, 4) is 11.1 Å². The molecule has 1 saturated carbocycles. The molecule has 0 bridgehead atoms. The van der Waals surface area contributed by atoms with Crippen LogP contribution in [-0.4, -0.2) is 29.2 Å². The Balaban J connectivity index is 1.77. The van der Waals surface area contributed by atoms with Crippen molar-refractivity contribution in [2.24, 2.45) is 0 Å². The van der Waals surface area contributed by atoms with E-state index in [4.69, 9.17) is 5.11 Å². The molecule has 1 aliphatic rings. The minimum absolute atomic E-state index is 0.284. The molecule has 116 valence electrons. The second-order valence-corrected chi connectivity index (χ2v) is 6.29. The second kappa shape index (κ2) is 7.08. The van der Waals surface area contributed by atoms with Crippen LogP contribution >= 0.6 is 0 Å². The third-order valence-corrected chi connectivity index (χ3v) is 4.44. The van der Waals surface area contributed by atoms with Crippen molar-refractivity contribution in [1.82, 2.24) is 4.90 Å². The molecule has 0 spiro atoms. The smallest absolute Gasteiger partial charge is 0.0443 e. The summed E-state index contributed by atoms with van der Waals surface area (Å²) >= 11 is 0. The number of hydrogen-bond acceptors (Lipinski definition) is 2. The quantitative estimate of drug-likeness (QED) is 0.834. The van der Waals surface area contributed by atoms with Crippen molar-refractivity contribution in [1.29, 1.82) is 0 Å². The average Bonchev–Trinajstić information content (AvgIpc) is 3.37. The van der Waals surface area contributed by atoms with Gasteiger partial charge in [0.1, 0.15) is 0 Å². The number of benzene rings is 2. The predicted octanol–water partition coefficient (Wildman–Crippen LogP) is 4.01. The molecule has 2 heteroatoms. The van der Waals surface area contributed by atoms with Gasteiger partial charge in [-0.05, 0) is 54.5 Å². The highest BCUT2D eigenvalue weighted by Gasteiger charge is 2.28. The van der Waals surface area contributed by atoms with Crippen LogP contribution in [-0.2, 0) is 6.54 Å². The summed E-state index contributed by atoms with van der Waals surface area (Å²) in [4.78, 5) is 2.52. The maximum Gasteiger partial charge on any atom is 0.0443 e. The molecule has 1 N–H and O–H groups in total. The predicted molar refractivity (Wildman–Crippen MR) is 91.7 cm³/mol. The van der Waals surface area contributed by atoms with Crippen LogP contribution in [0.25, 0.3) is 11.1 Å². The first-order chi connectivity index (χ1) is 10.8. The van der Waals surface area contributed by atoms with Crippen molar-refractivity contribution < 1.29 is 5.11 Å². The summed E-state index contributed by atoms with van der Waals surface area (Å²) in [5, 5.41) is 9.08. The lowest BCUT2D eigenvalue weighted by molar-refractivity contribution is 0.211. The molecular weight excluding hydrogens is 270 g/mol. The van der Waals surface area contributed by atoms with Crippen LogP contribution in [0.4, 0.5) is 0 Å². The molecule has 1 fully saturated rings. The van der Waals surface area contributed by atoms with Crippen molar-refractivity contribution in [2.45, 2.75) is 38.8 Å². The molecule has 0 heterocycles. The third-order valence-electron chi connectivity index (χ3n) is 4.44. The summed E-state index contributed by atoms with van der Waals surface area (Å²) in [7, 11) is 0. The molecule has 2 aromatic rings. The summed E-state index contributed by atoms with van der Waals surface area (Å²) in [5.41, 5.74) is 5.30. The third kappa shape index (κ3) is 3.76. The van der Waals surface area contributed by atoms with Gasteiger partial charge in [-0.2, -0.15) is 0 Å². The molecule has 0 saturated heterocycles. The highest BCUT2D eigenvalue weighted by atomic mass is 16.3. The van der Waals surface area contributed by atoms with Crippen molar-refractivity contribution in [2.75, 3.05) is 13.2 Å². The fraction of sp³-hybridized carbons (Fsp3) is 0.400. The Morgan fingerprint density at radius 2 is 1.91 bits per heavy atom. The van der Waals surface area contributed by atoms with Crippen LogP contribution in [0.1, 0.15) is 30.4 Å². The van der Waals surface area contributed by atoms with Crippen molar-refractivity contribution >= 4 is 0 Å². The van der Waals surface area contributed by atoms with E-state index in [0.717, 1.165) is 25.6 Å². The van der Waals surface area contributed by atoms with Gasteiger partial charge in [0.15, 0.2) is 0 Å². The van der Waals surface area contributed by atoms with E-state index >= 15 is 0 Å². The number of hydrogen-bond donors (Lipinski definition) is 1. The minimum atomic E-state index is 0.284. The van der Waals surface area contributed by atoms with E-state index in [1.165, 1.54) is 35.1 Å². The molecule has 0 aromatic heterocycles. The Kier molecular flexibility index (Phi) is 4.91. The SMILES string of the molecule is Cc1ccccc1-c1cccc(CN(CCCO)C2CC2)c1. The van der Waals surface area contributed by atoms with Gasteiger partial charge in [-0.3, -0.25) is 4.90 Å². The van der Waals surface area contributed by atoms with Gasteiger partial charge >= 0.3 is 0 Å². The van der Waals surface area contributed by atoms with Gasteiger partial charge in [-0.15, -0.1) is 0 Å². The van der Waals surface area contributed by atoms with Gasteiger partial charge in [-0.25, -0.2) is 0 Å². The Bertz CT molecular complexity index is 619. The standard InChI is InChI=1S/C20H25NO/c1-16-6-2-3-9-20(16)18-8-4-7-17(14-18)15-21(12-5-13-22)19-10-11-19/h2-4,6-9,14,19,22H,5,10-13,15H2,1H3. The molecule has 0 atom stereocenters. The molecule has 22 heavy (non-hydrogen) atoms. The number of nitrogens with zero attached hydrogens (tertiary/aromatic N) is 1. The zero-order valence-corrected chi connectivity index (χ0v) is 13.3. The average molecular weight is 295 g/mol. The Hall–Kier alpha value is -1.64. The number of rotatable bonds is 7. The van der Waals surface area contributed by atoms with Crippen LogP contribution in [0.3, 0.4) is 0 Å². The second-order valence-electron chi connectivity index (χ2n) is 6.29. The molecule has 3 rings (SSSR count). The first-order valence-electron chi connectivity index (χ1n) is 8.28. The van der Waals surface area contributed by atoms with Crippen LogP contribution in [0.15, 0.2) is 48.5 Å². The topological polar surface area (TPSA) is 23.5 Å². The number of aliphatic hydroxyl groups is 1. The fourth-order valence-corrected chi connectivity index (χ4v) is 3.07. The summed E-state index contributed by atoms with van der Waals surface area (Å²) in [6, 6.07) is 18.2. The highest BCUT2D eigenvalue weighted by Crippen LogP contribution is 2.29. The van der Waals surface area contributed by atoms with E-state index in [1.807, 2.05) is 0 Å². The number of aliphatic hydroxyl groups excluding tert-OH is 1. The van der Waals surface area contributed by atoms with Gasteiger partial charge in [-0.1, -0.05) is 42.5 Å². The molecule has 0 aliphatic heterocycles. The van der Waals surface area contributed by atoms with Gasteiger partial charge in [0.25, 0.3) is 0 Å². The Morgan fingerprint density at radius 3 is 2.64 bits per heavy atom. The maximum absolute atomic E-state index is 9.08. The molecule has 1 aliphatic carbocycles.